The van der Waals surface area contributed by atoms with Gasteiger partial charge in [0.15, 0.2) is 9.84 Å². The molecule has 0 aliphatic heterocycles. The van der Waals surface area contributed by atoms with Crippen molar-refractivity contribution in [2.24, 2.45) is 0 Å². The van der Waals surface area contributed by atoms with Gasteiger partial charge in [0.05, 0.1) is 17.3 Å². The molecule has 96 valence electrons. The third-order valence-corrected chi connectivity index (χ3v) is 5.28. The van der Waals surface area contributed by atoms with Gasteiger partial charge in [0.1, 0.15) is 0 Å². The molecular weight excluding hydrogens is 256 g/mol. The van der Waals surface area contributed by atoms with E-state index in [2.05, 4.69) is 0 Å². The molecule has 3 nitrogen and oxygen atoms in total. The second kappa shape index (κ2) is 6.42. The summed E-state index contributed by atoms with van der Waals surface area (Å²) < 4.78 is 23.6. The Labute approximate surface area is 107 Å². The zero-order valence-corrected chi connectivity index (χ0v) is 11.7. The molecule has 0 saturated carbocycles. The molecule has 0 aliphatic rings. The predicted molar refractivity (Wildman–Crippen MR) is 71.2 cm³/mol. The molecule has 0 saturated heterocycles. The summed E-state index contributed by atoms with van der Waals surface area (Å²) in [6.45, 7) is 3.89. The monoisotopic (exact) mass is 274 g/mol. The molecule has 1 unspecified atom stereocenters. The van der Waals surface area contributed by atoms with Gasteiger partial charge in [0, 0.05) is 10.1 Å². The molecule has 0 aliphatic carbocycles. The van der Waals surface area contributed by atoms with Crippen LogP contribution in [0.25, 0.3) is 0 Å². The van der Waals surface area contributed by atoms with Crippen LogP contribution >= 0.6 is 11.8 Å². The van der Waals surface area contributed by atoms with Crippen molar-refractivity contribution in [3.63, 3.8) is 0 Å². The van der Waals surface area contributed by atoms with Crippen molar-refractivity contribution in [2.45, 2.75) is 35.3 Å². The van der Waals surface area contributed by atoms with Crippen molar-refractivity contribution in [3.05, 3.63) is 24.3 Å². The summed E-state index contributed by atoms with van der Waals surface area (Å²) in [7, 11) is -3.12. The SMILES string of the molecule is CCCS(=O)(=O)c1ccc(SC(C)CO)cc1. The summed E-state index contributed by atoms with van der Waals surface area (Å²) in [5.74, 6) is 0.187. The van der Waals surface area contributed by atoms with E-state index in [4.69, 9.17) is 5.11 Å². The molecule has 0 heterocycles. The highest BCUT2D eigenvalue weighted by atomic mass is 32.2. The molecular formula is C12H18O3S2. The van der Waals surface area contributed by atoms with Crippen LogP contribution in [0, 0.1) is 0 Å². The lowest BCUT2D eigenvalue weighted by molar-refractivity contribution is 0.300. The Morgan fingerprint density at radius 3 is 2.35 bits per heavy atom. The topological polar surface area (TPSA) is 54.4 Å². The van der Waals surface area contributed by atoms with Crippen LogP contribution in [0.3, 0.4) is 0 Å². The van der Waals surface area contributed by atoms with Crippen LogP contribution in [0.15, 0.2) is 34.1 Å². The summed E-state index contributed by atoms with van der Waals surface area (Å²) in [4.78, 5) is 1.35. The maximum atomic E-state index is 11.8. The van der Waals surface area contributed by atoms with Crippen LogP contribution in [0.5, 0.6) is 0 Å². The number of thioether (sulfide) groups is 1. The Kier molecular flexibility index (Phi) is 5.49. The maximum Gasteiger partial charge on any atom is 0.178 e. The molecule has 1 N–H and O–H groups in total. The van der Waals surface area contributed by atoms with E-state index < -0.39 is 9.84 Å². The molecule has 0 spiro atoms. The van der Waals surface area contributed by atoms with Crippen molar-refractivity contribution < 1.29 is 13.5 Å². The smallest absolute Gasteiger partial charge is 0.178 e. The third kappa shape index (κ3) is 4.33. The van der Waals surface area contributed by atoms with E-state index in [1.54, 1.807) is 24.3 Å². The minimum atomic E-state index is -3.12. The normalized spacial score (nSPS) is 13.6. The second-order valence-corrected chi connectivity index (χ2v) is 7.52. The lowest BCUT2D eigenvalue weighted by Gasteiger charge is -2.08. The first-order chi connectivity index (χ1) is 7.99. The maximum absolute atomic E-state index is 11.8. The fourth-order valence-electron chi connectivity index (χ4n) is 1.38. The number of aliphatic hydroxyl groups excluding tert-OH is 1. The van der Waals surface area contributed by atoms with Crippen molar-refractivity contribution in [1.82, 2.24) is 0 Å². The van der Waals surface area contributed by atoms with E-state index in [-0.39, 0.29) is 17.6 Å². The van der Waals surface area contributed by atoms with Crippen LogP contribution in [0.1, 0.15) is 20.3 Å². The number of sulfone groups is 1. The van der Waals surface area contributed by atoms with E-state index in [1.165, 1.54) is 11.8 Å². The van der Waals surface area contributed by atoms with Crippen molar-refractivity contribution in [2.75, 3.05) is 12.4 Å². The van der Waals surface area contributed by atoms with Gasteiger partial charge in [-0.15, -0.1) is 11.8 Å². The molecule has 0 amide bonds. The van der Waals surface area contributed by atoms with Crippen molar-refractivity contribution in [3.8, 4) is 0 Å². The van der Waals surface area contributed by atoms with Crippen LogP contribution in [0.4, 0.5) is 0 Å². The fraction of sp³-hybridized carbons (Fsp3) is 0.500. The number of hydrogen-bond acceptors (Lipinski definition) is 4. The highest BCUT2D eigenvalue weighted by molar-refractivity contribution is 8.00. The average Bonchev–Trinajstić information content (AvgIpc) is 2.29. The second-order valence-electron chi connectivity index (χ2n) is 3.90. The van der Waals surface area contributed by atoms with Gasteiger partial charge in [-0.3, -0.25) is 0 Å². The zero-order valence-electron chi connectivity index (χ0n) is 10.1. The number of benzene rings is 1. The molecule has 0 aromatic heterocycles. The Morgan fingerprint density at radius 1 is 1.29 bits per heavy atom. The van der Waals surface area contributed by atoms with Gasteiger partial charge < -0.3 is 5.11 Å². The van der Waals surface area contributed by atoms with E-state index in [0.29, 0.717) is 11.3 Å². The molecule has 1 rings (SSSR count). The lowest BCUT2D eigenvalue weighted by Crippen LogP contribution is -2.05. The van der Waals surface area contributed by atoms with E-state index >= 15 is 0 Å². The van der Waals surface area contributed by atoms with Gasteiger partial charge in [-0.1, -0.05) is 13.8 Å². The molecule has 17 heavy (non-hydrogen) atoms. The molecule has 5 heteroatoms. The van der Waals surface area contributed by atoms with Gasteiger partial charge >= 0.3 is 0 Å². The van der Waals surface area contributed by atoms with Gasteiger partial charge in [-0.05, 0) is 30.7 Å². The van der Waals surface area contributed by atoms with Gasteiger partial charge in [-0.2, -0.15) is 0 Å². The number of rotatable bonds is 6. The summed E-state index contributed by atoms with van der Waals surface area (Å²) in [5.41, 5.74) is 0. The van der Waals surface area contributed by atoms with Gasteiger partial charge in [-0.25, -0.2) is 8.42 Å². The zero-order chi connectivity index (χ0) is 12.9. The van der Waals surface area contributed by atoms with Crippen molar-refractivity contribution >= 4 is 21.6 Å². The molecule has 0 bridgehead atoms. The number of aliphatic hydroxyl groups is 1. The Bertz CT molecular complexity index is 437. The highest BCUT2D eigenvalue weighted by Gasteiger charge is 2.12. The van der Waals surface area contributed by atoms with E-state index in [0.717, 1.165) is 4.90 Å². The summed E-state index contributed by atoms with van der Waals surface area (Å²) >= 11 is 1.53. The fourth-order valence-corrected chi connectivity index (χ4v) is 3.54. The average molecular weight is 274 g/mol. The third-order valence-electron chi connectivity index (χ3n) is 2.25. The van der Waals surface area contributed by atoms with Crippen LogP contribution < -0.4 is 0 Å². The summed E-state index contributed by atoms with van der Waals surface area (Å²) in [5, 5.41) is 9.05. The number of hydrogen-bond donors (Lipinski definition) is 1. The first-order valence-electron chi connectivity index (χ1n) is 5.60. The minimum absolute atomic E-state index is 0.112. The highest BCUT2D eigenvalue weighted by Crippen LogP contribution is 2.24. The largest absolute Gasteiger partial charge is 0.395 e. The van der Waals surface area contributed by atoms with Crippen LogP contribution in [-0.4, -0.2) is 31.1 Å². The summed E-state index contributed by atoms with van der Waals surface area (Å²) in [6, 6.07) is 6.85. The van der Waals surface area contributed by atoms with E-state index in [9.17, 15) is 8.42 Å². The first-order valence-corrected chi connectivity index (χ1v) is 8.13. The van der Waals surface area contributed by atoms with Crippen LogP contribution in [0.2, 0.25) is 0 Å². The van der Waals surface area contributed by atoms with Gasteiger partial charge in [0.25, 0.3) is 0 Å². The van der Waals surface area contributed by atoms with Gasteiger partial charge in [0.2, 0.25) is 0 Å². The molecule has 0 fully saturated rings. The molecule has 1 aromatic rings. The Hall–Kier alpha value is -0.520. The minimum Gasteiger partial charge on any atom is -0.395 e. The van der Waals surface area contributed by atoms with Crippen LogP contribution in [-0.2, 0) is 9.84 Å². The molecule has 0 radical (unpaired) electrons. The molecule has 1 atom stereocenters. The summed E-state index contributed by atoms with van der Waals surface area (Å²) in [6.07, 6.45) is 0.625. The molecule has 1 aromatic carbocycles. The Morgan fingerprint density at radius 2 is 1.88 bits per heavy atom. The first kappa shape index (κ1) is 14.5. The lowest BCUT2D eigenvalue weighted by atomic mass is 10.4. The predicted octanol–water partition coefficient (Wildman–Crippen LogP) is 2.34. The Balaban J connectivity index is 2.81. The van der Waals surface area contributed by atoms with E-state index in [1.807, 2.05) is 13.8 Å². The standard InChI is InChI=1S/C12H18O3S2/c1-3-8-17(14,15)12-6-4-11(5-7-12)16-10(2)9-13/h4-7,10,13H,3,8-9H2,1-2H3. The van der Waals surface area contributed by atoms with Crippen molar-refractivity contribution in [1.29, 1.82) is 0 Å². The quantitative estimate of drug-likeness (QED) is 0.809.